The molecule has 3 rings (SSSR count). The lowest BCUT2D eigenvalue weighted by Gasteiger charge is -2.08. The third kappa shape index (κ3) is 3.29. The molecule has 8 heteroatoms. The minimum absolute atomic E-state index is 0.109. The number of thiophene rings is 1. The molecule has 2 aromatic carbocycles. The van der Waals surface area contributed by atoms with Gasteiger partial charge in [-0.25, -0.2) is 9.18 Å². The molecule has 0 atom stereocenters. The number of carboxylic acids is 1. The van der Waals surface area contributed by atoms with Crippen molar-refractivity contribution in [1.82, 2.24) is 0 Å². The summed E-state index contributed by atoms with van der Waals surface area (Å²) < 4.78 is 20.0. The largest absolute Gasteiger partial charge is 0.489 e. The van der Waals surface area contributed by atoms with Crippen molar-refractivity contribution in [2.45, 2.75) is 6.61 Å². The van der Waals surface area contributed by atoms with E-state index in [4.69, 9.17) is 22.1 Å². The van der Waals surface area contributed by atoms with Gasteiger partial charge >= 0.3 is 5.97 Å². The summed E-state index contributed by atoms with van der Waals surface area (Å²) in [5.74, 6) is -2.64. The zero-order valence-electron chi connectivity index (χ0n) is 12.6. The van der Waals surface area contributed by atoms with Crippen molar-refractivity contribution < 1.29 is 23.8 Å². The molecule has 0 aliphatic carbocycles. The first-order valence-electron chi connectivity index (χ1n) is 7.04. The molecular weight excluding hydrogens is 369 g/mol. The molecule has 0 bridgehead atoms. The number of hydrogen-bond donors (Lipinski definition) is 2. The predicted octanol–water partition coefficient (Wildman–Crippen LogP) is 4.07. The Morgan fingerprint density at radius 3 is 2.68 bits per heavy atom. The molecule has 0 unspecified atom stereocenters. The molecule has 0 radical (unpaired) electrons. The summed E-state index contributed by atoms with van der Waals surface area (Å²) in [7, 11) is 0. The minimum atomic E-state index is -1.09. The van der Waals surface area contributed by atoms with E-state index < -0.39 is 17.7 Å². The lowest BCUT2D eigenvalue weighted by atomic mass is 10.1. The summed E-state index contributed by atoms with van der Waals surface area (Å²) in [6.07, 6.45) is 0. The Kier molecular flexibility index (Phi) is 4.61. The maximum Gasteiger partial charge on any atom is 0.346 e. The Labute approximate surface area is 150 Å². The molecule has 3 N–H and O–H groups in total. The number of primary amides is 1. The average Bonchev–Trinajstić information content (AvgIpc) is 2.93. The number of rotatable bonds is 5. The lowest BCUT2D eigenvalue weighted by molar-refractivity contribution is 0.0699. The topological polar surface area (TPSA) is 89.6 Å². The van der Waals surface area contributed by atoms with Crippen molar-refractivity contribution in [3.63, 3.8) is 0 Å². The summed E-state index contributed by atoms with van der Waals surface area (Å²) in [5.41, 5.74) is 5.22. The van der Waals surface area contributed by atoms with Crippen molar-refractivity contribution >= 4 is 44.9 Å². The molecule has 3 aromatic rings. The van der Waals surface area contributed by atoms with Crippen LogP contribution in [0, 0.1) is 5.82 Å². The molecule has 0 saturated carbocycles. The van der Waals surface area contributed by atoms with Gasteiger partial charge in [-0.2, -0.15) is 0 Å². The zero-order valence-corrected chi connectivity index (χ0v) is 14.2. The highest BCUT2D eigenvalue weighted by atomic mass is 35.5. The summed E-state index contributed by atoms with van der Waals surface area (Å²) in [6.45, 7) is -0.110. The highest BCUT2D eigenvalue weighted by molar-refractivity contribution is 7.21. The van der Waals surface area contributed by atoms with Crippen LogP contribution in [0.3, 0.4) is 0 Å². The molecule has 0 saturated heterocycles. The van der Waals surface area contributed by atoms with Crippen molar-refractivity contribution in [3.8, 4) is 5.75 Å². The Balaban J connectivity index is 1.96. The zero-order chi connectivity index (χ0) is 18.1. The number of hydrogen-bond acceptors (Lipinski definition) is 4. The molecule has 1 heterocycles. The van der Waals surface area contributed by atoms with Gasteiger partial charge in [0, 0.05) is 26.7 Å². The van der Waals surface area contributed by atoms with Gasteiger partial charge in [0.1, 0.15) is 23.1 Å². The number of fused-ring (bicyclic) bond motifs is 1. The highest BCUT2D eigenvalue weighted by Crippen LogP contribution is 2.36. The molecular formula is C17H11ClFNO4S. The Hall–Kier alpha value is -2.64. The van der Waals surface area contributed by atoms with Crippen molar-refractivity contribution in [2.24, 2.45) is 5.73 Å². The van der Waals surface area contributed by atoms with Gasteiger partial charge in [-0.15, -0.1) is 11.3 Å². The molecule has 0 spiro atoms. The van der Waals surface area contributed by atoms with Crippen LogP contribution in [-0.4, -0.2) is 17.0 Å². The van der Waals surface area contributed by atoms with Crippen molar-refractivity contribution in [1.29, 1.82) is 0 Å². The molecule has 128 valence electrons. The monoisotopic (exact) mass is 379 g/mol. The molecule has 1 amide bonds. The van der Waals surface area contributed by atoms with Gasteiger partial charge in [-0.05, 0) is 24.3 Å². The summed E-state index contributed by atoms with van der Waals surface area (Å²) >= 11 is 7.28. The quantitative estimate of drug-likeness (QED) is 0.699. The fraction of sp³-hybridized carbons (Fsp3) is 0.0588. The van der Waals surface area contributed by atoms with E-state index in [-0.39, 0.29) is 22.8 Å². The lowest BCUT2D eigenvalue weighted by Crippen LogP contribution is -2.13. The van der Waals surface area contributed by atoms with E-state index >= 15 is 0 Å². The number of carbonyl (C=O) groups is 2. The van der Waals surface area contributed by atoms with Crippen LogP contribution in [0.25, 0.3) is 10.1 Å². The summed E-state index contributed by atoms with van der Waals surface area (Å²) in [5, 5.41) is 10.4. The van der Waals surface area contributed by atoms with Crippen LogP contribution in [0.2, 0.25) is 5.02 Å². The molecule has 1 aromatic heterocycles. The van der Waals surface area contributed by atoms with Crippen molar-refractivity contribution in [2.75, 3.05) is 0 Å². The Morgan fingerprint density at radius 1 is 1.28 bits per heavy atom. The molecule has 5 nitrogen and oxygen atoms in total. The third-order valence-corrected chi connectivity index (χ3v) is 5.05. The smallest absolute Gasteiger partial charge is 0.346 e. The number of ether oxygens (including phenoxy) is 1. The Morgan fingerprint density at radius 2 is 2.04 bits per heavy atom. The molecule has 0 fully saturated rings. The normalized spacial score (nSPS) is 10.8. The number of amides is 1. The molecule has 25 heavy (non-hydrogen) atoms. The Bertz CT molecular complexity index is 1000. The number of carbonyl (C=O) groups excluding carboxylic acids is 1. The van der Waals surface area contributed by atoms with Crippen LogP contribution in [0.15, 0.2) is 36.4 Å². The van der Waals surface area contributed by atoms with E-state index in [0.29, 0.717) is 16.0 Å². The maximum absolute atomic E-state index is 13.8. The van der Waals surface area contributed by atoms with Crippen LogP contribution >= 0.6 is 22.9 Å². The number of halogens is 2. The van der Waals surface area contributed by atoms with Crippen LogP contribution in [0.4, 0.5) is 4.39 Å². The second kappa shape index (κ2) is 6.70. The van der Waals surface area contributed by atoms with Crippen LogP contribution < -0.4 is 10.5 Å². The second-order valence-electron chi connectivity index (χ2n) is 5.12. The summed E-state index contributed by atoms with van der Waals surface area (Å²) in [4.78, 5) is 22.6. The van der Waals surface area contributed by atoms with E-state index in [1.807, 2.05) is 0 Å². The fourth-order valence-corrected chi connectivity index (χ4v) is 3.84. The van der Waals surface area contributed by atoms with E-state index in [1.54, 1.807) is 18.2 Å². The van der Waals surface area contributed by atoms with Gasteiger partial charge in [0.05, 0.1) is 5.56 Å². The van der Waals surface area contributed by atoms with E-state index in [9.17, 15) is 19.1 Å². The maximum atomic E-state index is 13.8. The predicted molar refractivity (Wildman–Crippen MR) is 93.0 cm³/mol. The van der Waals surface area contributed by atoms with E-state index in [0.717, 1.165) is 22.1 Å². The van der Waals surface area contributed by atoms with E-state index in [2.05, 4.69) is 0 Å². The highest BCUT2D eigenvalue weighted by Gasteiger charge is 2.20. The van der Waals surface area contributed by atoms with Gasteiger partial charge in [0.15, 0.2) is 0 Å². The van der Waals surface area contributed by atoms with Crippen LogP contribution in [0.5, 0.6) is 5.75 Å². The van der Waals surface area contributed by atoms with Crippen LogP contribution in [-0.2, 0) is 6.61 Å². The third-order valence-electron chi connectivity index (χ3n) is 3.55. The number of benzene rings is 2. The summed E-state index contributed by atoms with van der Waals surface area (Å²) in [6, 6.07) is 8.78. The van der Waals surface area contributed by atoms with Gasteiger partial charge in [0.2, 0.25) is 0 Å². The van der Waals surface area contributed by atoms with Gasteiger partial charge in [-0.3, -0.25) is 4.79 Å². The number of carboxylic acid groups (broad SMARTS) is 1. The average molecular weight is 380 g/mol. The second-order valence-corrected chi connectivity index (χ2v) is 6.58. The number of aromatic carboxylic acids is 1. The SMILES string of the molecule is NC(=O)c1ccc(OCc2c(C(=O)O)sc3cccc(Cl)c23)cc1F. The van der Waals surface area contributed by atoms with Crippen molar-refractivity contribution in [3.05, 3.63) is 63.2 Å². The standard InChI is InChI=1S/C17H11ClFNO4S/c18-11-2-1-3-13-14(11)10(15(25-13)17(22)23)7-24-8-4-5-9(16(20)21)12(19)6-8/h1-6H,7H2,(H2,20,21)(H,22,23). The minimum Gasteiger partial charge on any atom is -0.489 e. The van der Waals surface area contributed by atoms with Crippen LogP contribution in [0.1, 0.15) is 25.6 Å². The molecule has 0 aliphatic heterocycles. The first-order chi connectivity index (χ1) is 11.9. The van der Waals surface area contributed by atoms with Gasteiger partial charge in [-0.1, -0.05) is 17.7 Å². The molecule has 0 aliphatic rings. The number of nitrogens with two attached hydrogens (primary N) is 1. The van der Waals surface area contributed by atoms with E-state index in [1.165, 1.54) is 12.1 Å². The first kappa shape index (κ1) is 17.2. The van der Waals surface area contributed by atoms with Gasteiger partial charge in [0.25, 0.3) is 5.91 Å². The first-order valence-corrected chi connectivity index (χ1v) is 8.23. The fourth-order valence-electron chi connectivity index (χ4n) is 2.42. The van der Waals surface area contributed by atoms with Gasteiger partial charge < -0.3 is 15.6 Å².